The number of nitrogens with zero attached hydrogens (tertiary/aromatic N) is 2. The second kappa shape index (κ2) is 5.63. The lowest BCUT2D eigenvalue weighted by Crippen LogP contribution is -2.45. The van der Waals surface area contributed by atoms with E-state index in [1.165, 1.54) is 11.3 Å². The van der Waals surface area contributed by atoms with Crippen molar-refractivity contribution in [3.63, 3.8) is 0 Å². The van der Waals surface area contributed by atoms with Gasteiger partial charge in [0.15, 0.2) is 4.47 Å². The molecule has 0 radical (unpaired) electrons. The van der Waals surface area contributed by atoms with Crippen molar-refractivity contribution < 1.29 is 9.84 Å². The SMILES string of the molecule is CN(Cc1cnc(Cl)s1)CC1(O)CCOCC1. The molecule has 1 fully saturated rings. The normalized spacial score (nSPS) is 19.8. The van der Waals surface area contributed by atoms with Crippen LogP contribution < -0.4 is 0 Å². The second-order valence-electron chi connectivity index (χ2n) is 4.59. The third kappa shape index (κ3) is 3.89. The van der Waals surface area contributed by atoms with Gasteiger partial charge in [-0.15, -0.1) is 11.3 Å². The van der Waals surface area contributed by atoms with E-state index in [0.717, 1.165) is 11.4 Å². The molecule has 1 aromatic rings. The fraction of sp³-hybridized carbons (Fsp3) is 0.727. The summed E-state index contributed by atoms with van der Waals surface area (Å²) in [7, 11) is 2.00. The van der Waals surface area contributed by atoms with Gasteiger partial charge in [-0.25, -0.2) is 4.98 Å². The molecule has 0 atom stereocenters. The van der Waals surface area contributed by atoms with Gasteiger partial charge in [-0.05, 0) is 7.05 Å². The van der Waals surface area contributed by atoms with Crippen LogP contribution in [-0.2, 0) is 11.3 Å². The van der Waals surface area contributed by atoms with Gasteiger partial charge < -0.3 is 9.84 Å². The molecule has 1 aliphatic rings. The summed E-state index contributed by atoms with van der Waals surface area (Å²) >= 11 is 7.27. The Kier molecular flexibility index (Phi) is 4.38. The van der Waals surface area contributed by atoms with Crippen LogP contribution in [0.3, 0.4) is 0 Å². The Hall–Kier alpha value is -0.200. The highest BCUT2D eigenvalue weighted by atomic mass is 35.5. The van der Waals surface area contributed by atoms with E-state index in [9.17, 15) is 5.11 Å². The highest BCUT2D eigenvalue weighted by Crippen LogP contribution is 2.23. The standard InChI is InChI=1S/C11H17ClN2O2S/c1-14(7-9-6-13-10(12)17-9)8-11(15)2-4-16-5-3-11/h6,15H,2-5,7-8H2,1H3. The summed E-state index contributed by atoms with van der Waals surface area (Å²) in [5.74, 6) is 0. The predicted octanol–water partition coefficient (Wildman–Crippen LogP) is 1.77. The lowest BCUT2D eigenvalue weighted by molar-refractivity contribution is -0.0776. The zero-order valence-electron chi connectivity index (χ0n) is 9.86. The number of halogens is 1. The van der Waals surface area contributed by atoms with E-state index in [0.29, 0.717) is 37.1 Å². The molecule has 0 saturated carbocycles. The largest absolute Gasteiger partial charge is 0.388 e. The Labute approximate surface area is 110 Å². The van der Waals surface area contributed by atoms with Crippen LogP contribution in [0.25, 0.3) is 0 Å². The third-order valence-electron chi connectivity index (χ3n) is 2.94. The fourth-order valence-corrected chi connectivity index (χ4v) is 3.15. The summed E-state index contributed by atoms with van der Waals surface area (Å²) in [6.45, 7) is 2.73. The number of aromatic nitrogens is 1. The van der Waals surface area contributed by atoms with E-state index in [4.69, 9.17) is 16.3 Å². The summed E-state index contributed by atoms with van der Waals surface area (Å²) in [5, 5.41) is 10.4. The van der Waals surface area contributed by atoms with Crippen molar-refractivity contribution in [2.45, 2.75) is 25.0 Å². The predicted molar refractivity (Wildman–Crippen MR) is 68.5 cm³/mol. The quantitative estimate of drug-likeness (QED) is 0.910. The molecular weight excluding hydrogens is 260 g/mol. The number of aliphatic hydroxyl groups is 1. The van der Waals surface area contributed by atoms with Gasteiger partial charge in [-0.2, -0.15) is 0 Å². The Morgan fingerprint density at radius 1 is 1.59 bits per heavy atom. The maximum absolute atomic E-state index is 10.4. The van der Waals surface area contributed by atoms with Gasteiger partial charge in [0.2, 0.25) is 0 Å². The van der Waals surface area contributed by atoms with Gasteiger partial charge in [-0.1, -0.05) is 11.6 Å². The maximum atomic E-state index is 10.4. The first kappa shape index (κ1) is 13.2. The second-order valence-corrected chi connectivity index (χ2v) is 6.29. The fourth-order valence-electron chi connectivity index (χ4n) is 2.09. The molecule has 0 bridgehead atoms. The maximum Gasteiger partial charge on any atom is 0.183 e. The minimum atomic E-state index is -0.610. The van der Waals surface area contributed by atoms with Crippen LogP contribution in [0.4, 0.5) is 0 Å². The van der Waals surface area contributed by atoms with Gasteiger partial charge in [0.1, 0.15) is 0 Å². The smallest absolute Gasteiger partial charge is 0.183 e. The zero-order valence-corrected chi connectivity index (χ0v) is 11.4. The molecule has 0 aromatic carbocycles. The molecule has 96 valence electrons. The molecule has 6 heteroatoms. The van der Waals surface area contributed by atoms with Crippen molar-refractivity contribution >= 4 is 22.9 Å². The number of hydrogen-bond acceptors (Lipinski definition) is 5. The van der Waals surface area contributed by atoms with Crippen LogP contribution in [0, 0.1) is 0 Å². The summed E-state index contributed by atoms with van der Waals surface area (Å²) in [6, 6.07) is 0. The van der Waals surface area contributed by atoms with Gasteiger partial charge in [-0.3, -0.25) is 4.90 Å². The Bertz CT molecular complexity index is 366. The molecule has 1 saturated heterocycles. The van der Waals surface area contributed by atoms with E-state index in [1.807, 2.05) is 7.05 Å². The van der Waals surface area contributed by atoms with Gasteiger partial charge >= 0.3 is 0 Å². The lowest BCUT2D eigenvalue weighted by atomic mass is 9.94. The zero-order chi connectivity index (χ0) is 12.3. The van der Waals surface area contributed by atoms with Crippen molar-refractivity contribution in [3.8, 4) is 0 Å². The molecule has 17 heavy (non-hydrogen) atoms. The van der Waals surface area contributed by atoms with Crippen LogP contribution in [0.2, 0.25) is 4.47 Å². The van der Waals surface area contributed by atoms with Crippen molar-refractivity contribution in [2.75, 3.05) is 26.8 Å². The summed E-state index contributed by atoms with van der Waals surface area (Å²) in [5.41, 5.74) is -0.610. The van der Waals surface area contributed by atoms with Gasteiger partial charge in [0.05, 0.1) is 5.60 Å². The van der Waals surface area contributed by atoms with Gasteiger partial charge in [0.25, 0.3) is 0 Å². The highest BCUT2D eigenvalue weighted by Gasteiger charge is 2.30. The highest BCUT2D eigenvalue weighted by molar-refractivity contribution is 7.15. The molecule has 1 aromatic heterocycles. The first-order valence-corrected chi connectivity index (χ1v) is 6.86. The molecule has 0 aliphatic carbocycles. The molecular formula is C11H17ClN2O2S. The summed E-state index contributed by atoms with van der Waals surface area (Å²) < 4.78 is 5.83. The Balaban J connectivity index is 1.85. The van der Waals surface area contributed by atoms with E-state index < -0.39 is 5.60 Å². The molecule has 4 nitrogen and oxygen atoms in total. The van der Waals surface area contributed by atoms with E-state index in [1.54, 1.807) is 6.20 Å². The average Bonchev–Trinajstić information content (AvgIpc) is 2.63. The topological polar surface area (TPSA) is 45.6 Å². The summed E-state index contributed by atoms with van der Waals surface area (Å²) in [4.78, 5) is 7.23. The number of hydrogen-bond donors (Lipinski definition) is 1. The molecule has 0 amide bonds. The van der Waals surface area contributed by atoms with E-state index in [2.05, 4.69) is 9.88 Å². The van der Waals surface area contributed by atoms with E-state index in [-0.39, 0.29) is 0 Å². The molecule has 2 heterocycles. The minimum Gasteiger partial charge on any atom is -0.388 e. The Morgan fingerprint density at radius 3 is 2.88 bits per heavy atom. The molecule has 1 aliphatic heterocycles. The minimum absolute atomic E-state index is 0.568. The van der Waals surface area contributed by atoms with Crippen LogP contribution >= 0.6 is 22.9 Å². The number of rotatable bonds is 4. The molecule has 0 unspecified atom stereocenters. The number of thiazole rings is 1. The monoisotopic (exact) mass is 276 g/mol. The molecule has 1 N–H and O–H groups in total. The van der Waals surface area contributed by atoms with Crippen molar-refractivity contribution in [1.82, 2.24) is 9.88 Å². The van der Waals surface area contributed by atoms with Crippen LogP contribution in [0.5, 0.6) is 0 Å². The first-order valence-electron chi connectivity index (χ1n) is 5.66. The van der Waals surface area contributed by atoms with Crippen LogP contribution in [-0.4, -0.2) is 47.4 Å². The van der Waals surface area contributed by atoms with Crippen LogP contribution in [0.1, 0.15) is 17.7 Å². The lowest BCUT2D eigenvalue weighted by Gasteiger charge is -2.35. The first-order chi connectivity index (χ1) is 8.07. The van der Waals surface area contributed by atoms with Crippen molar-refractivity contribution in [2.24, 2.45) is 0 Å². The third-order valence-corrected chi connectivity index (χ3v) is 4.04. The number of ether oxygens (including phenoxy) is 1. The summed E-state index contributed by atoms with van der Waals surface area (Å²) in [6.07, 6.45) is 3.21. The van der Waals surface area contributed by atoms with E-state index >= 15 is 0 Å². The van der Waals surface area contributed by atoms with Crippen LogP contribution in [0.15, 0.2) is 6.20 Å². The van der Waals surface area contributed by atoms with Crippen molar-refractivity contribution in [1.29, 1.82) is 0 Å². The van der Waals surface area contributed by atoms with Crippen molar-refractivity contribution in [3.05, 3.63) is 15.5 Å². The van der Waals surface area contributed by atoms with Gasteiger partial charge in [0, 0.05) is 50.2 Å². The molecule has 2 rings (SSSR count). The Morgan fingerprint density at radius 2 is 2.29 bits per heavy atom. The average molecular weight is 277 g/mol. The number of likely N-dealkylation sites (N-methyl/N-ethyl adjacent to an activating group) is 1. The molecule has 0 spiro atoms.